The normalized spacial score (nSPS) is 11.7. The number of halogens is 3. The fraction of sp³-hybridized carbons (Fsp3) is 0.379. The lowest BCUT2D eigenvalue weighted by atomic mass is 10.1. The van der Waals surface area contributed by atoms with Crippen LogP contribution in [-0.2, 0) is 11.2 Å². The molecule has 1 amide bonds. The highest BCUT2D eigenvalue weighted by atomic mass is 35.5. The van der Waals surface area contributed by atoms with Crippen molar-refractivity contribution in [1.82, 2.24) is 30.0 Å². The van der Waals surface area contributed by atoms with E-state index in [1.807, 2.05) is 59.1 Å². The summed E-state index contributed by atoms with van der Waals surface area (Å²) in [6, 6.07) is 10.8. The minimum atomic E-state index is -0.290. The van der Waals surface area contributed by atoms with Crippen molar-refractivity contribution >= 4 is 57.4 Å². The third-order valence-corrected chi connectivity index (χ3v) is 7.40. The number of nitrogens with one attached hydrogen (secondary N) is 2. The highest BCUT2D eigenvalue weighted by Gasteiger charge is 2.23. The summed E-state index contributed by atoms with van der Waals surface area (Å²) in [6.45, 7) is 8.27. The van der Waals surface area contributed by atoms with Gasteiger partial charge in [0.1, 0.15) is 16.9 Å². The van der Waals surface area contributed by atoms with Crippen molar-refractivity contribution in [2.24, 2.45) is 0 Å². The molecule has 2 N–H and O–H groups in total. The van der Waals surface area contributed by atoms with Crippen LogP contribution in [0.15, 0.2) is 41.2 Å². The molecule has 218 valence electrons. The highest BCUT2D eigenvalue weighted by molar-refractivity contribution is 6.40. The van der Waals surface area contributed by atoms with Gasteiger partial charge in [-0.2, -0.15) is 5.10 Å². The van der Waals surface area contributed by atoms with Crippen LogP contribution in [0.25, 0.3) is 16.7 Å². The molecule has 0 saturated heterocycles. The van der Waals surface area contributed by atoms with E-state index >= 15 is 0 Å². The molecular formula is C29H34Cl3N7O2. The summed E-state index contributed by atoms with van der Waals surface area (Å²) < 4.78 is 1.52. The first-order valence-electron chi connectivity index (χ1n) is 13.4. The molecule has 4 aromatic rings. The lowest BCUT2D eigenvalue weighted by Gasteiger charge is -2.22. The van der Waals surface area contributed by atoms with E-state index < -0.39 is 0 Å². The first-order chi connectivity index (χ1) is 19.5. The van der Waals surface area contributed by atoms with Gasteiger partial charge in [0.2, 0.25) is 5.91 Å². The molecular weight excluding hydrogens is 585 g/mol. The second kappa shape index (κ2) is 13.4. The van der Waals surface area contributed by atoms with Crippen LogP contribution >= 0.6 is 34.8 Å². The molecule has 0 spiro atoms. The summed E-state index contributed by atoms with van der Waals surface area (Å²) in [4.78, 5) is 37.6. The molecule has 0 atom stereocenters. The molecule has 41 heavy (non-hydrogen) atoms. The Kier molecular flexibility index (Phi) is 10.1. The zero-order valence-corrected chi connectivity index (χ0v) is 26.0. The molecule has 9 nitrogen and oxygen atoms in total. The fourth-order valence-corrected chi connectivity index (χ4v) is 5.54. The highest BCUT2D eigenvalue weighted by Crippen LogP contribution is 2.34. The fourth-order valence-electron chi connectivity index (χ4n) is 4.56. The molecule has 12 heteroatoms. The molecule has 0 bridgehead atoms. The molecule has 0 unspecified atom stereocenters. The minimum absolute atomic E-state index is 0.00388. The van der Waals surface area contributed by atoms with Crippen LogP contribution in [0.2, 0.25) is 15.1 Å². The van der Waals surface area contributed by atoms with Gasteiger partial charge in [0.15, 0.2) is 5.65 Å². The summed E-state index contributed by atoms with van der Waals surface area (Å²) in [7, 11) is 3.99. The Morgan fingerprint density at radius 1 is 1.10 bits per heavy atom. The number of nitrogens with zero attached hydrogens (tertiary/aromatic N) is 5. The summed E-state index contributed by atoms with van der Waals surface area (Å²) in [5, 5.41) is 9.25. The lowest BCUT2D eigenvalue weighted by molar-refractivity contribution is -0.117. The molecule has 2 aromatic carbocycles. The van der Waals surface area contributed by atoms with Crippen molar-refractivity contribution in [2.75, 3.05) is 45.2 Å². The summed E-state index contributed by atoms with van der Waals surface area (Å²) in [6.07, 6.45) is 0.363. The predicted octanol–water partition coefficient (Wildman–Crippen LogP) is 5.29. The van der Waals surface area contributed by atoms with Crippen LogP contribution < -0.4 is 15.8 Å². The standard InChI is InChI=1S/C29H34Cl3N7O2/c1-6-38(24(40)16-33-11-12-37(4)5)20-9-7-18(8-10-20)13-23-34-28-25(29(41)35-23)26(17(2)3)36-39(28)27-21(31)14-19(30)15-22(27)32/h7-10,14-15,17,33H,6,11-13,16H2,1-5H3,(H,34,35,41). The molecule has 0 radical (unpaired) electrons. The Hall–Kier alpha value is -2.95. The number of hydrogen-bond acceptors (Lipinski definition) is 6. The van der Waals surface area contributed by atoms with E-state index in [-0.39, 0.29) is 23.9 Å². The van der Waals surface area contributed by atoms with Gasteiger partial charge in [0, 0.05) is 36.8 Å². The van der Waals surface area contributed by atoms with Crippen molar-refractivity contribution in [3.05, 3.63) is 78.9 Å². The Morgan fingerprint density at radius 2 is 1.76 bits per heavy atom. The van der Waals surface area contributed by atoms with E-state index in [1.54, 1.807) is 17.0 Å². The first kappa shape index (κ1) is 31.0. The van der Waals surface area contributed by atoms with Gasteiger partial charge >= 0.3 is 0 Å². The van der Waals surface area contributed by atoms with Gasteiger partial charge < -0.3 is 20.1 Å². The summed E-state index contributed by atoms with van der Waals surface area (Å²) >= 11 is 19.2. The van der Waals surface area contributed by atoms with Crippen molar-refractivity contribution in [3.8, 4) is 5.69 Å². The van der Waals surface area contributed by atoms with Crippen molar-refractivity contribution < 1.29 is 4.79 Å². The van der Waals surface area contributed by atoms with Gasteiger partial charge in [-0.1, -0.05) is 60.8 Å². The van der Waals surface area contributed by atoms with E-state index in [2.05, 4.69) is 20.3 Å². The number of amides is 1. The van der Waals surface area contributed by atoms with E-state index in [1.165, 1.54) is 4.68 Å². The number of carbonyl (C=O) groups is 1. The van der Waals surface area contributed by atoms with Gasteiger partial charge in [-0.25, -0.2) is 9.67 Å². The number of benzene rings is 2. The second-order valence-corrected chi connectivity index (χ2v) is 11.6. The maximum atomic E-state index is 13.3. The monoisotopic (exact) mass is 617 g/mol. The molecule has 0 saturated carbocycles. The summed E-state index contributed by atoms with van der Waals surface area (Å²) in [5.41, 5.74) is 2.79. The number of fused-ring (bicyclic) bond motifs is 1. The third kappa shape index (κ3) is 7.10. The number of anilines is 1. The third-order valence-electron chi connectivity index (χ3n) is 6.60. The Balaban J connectivity index is 1.62. The zero-order valence-electron chi connectivity index (χ0n) is 23.8. The average molecular weight is 619 g/mol. The molecule has 0 aliphatic carbocycles. The topological polar surface area (TPSA) is 99.2 Å². The quantitative estimate of drug-likeness (QED) is 0.222. The maximum absolute atomic E-state index is 13.3. The zero-order chi connectivity index (χ0) is 29.8. The van der Waals surface area contributed by atoms with Gasteiger partial charge in [0.05, 0.1) is 22.3 Å². The molecule has 4 rings (SSSR count). The minimum Gasteiger partial charge on any atom is -0.312 e. The van der Waals surface area contributed by atoms with Crippen LogP contribution in [-0.4, -0.2) is 70.8 Å². The van der Waals surface area contributed by atoms with Crippen molar-refractivity contribution in [3.63, 3.8) is 0 Å². The van der Waals surface area contributed by atoms with Crippen LogP contribution in [0.1, 0.15) is 43.8 Å². The Bertz CT molecular complexity index is 1570. The number of H-pyrrole nitrogens is 1. The SMILES string of the molecule is CCN(C(=O)CNCCN(C)C)c1ccc(Cc2nc3c(c(C(C)C)nn3-c3c(Cl)cc(Cl)cc3Cl)c(=O)[nH]2)cc1. The van der Waals surface area contributed by atoms with Gasteiger partial charge in [0.25, 0.3) is 5.56 Å². The number of rotatable bonds is 11. The molecule has 0 aliphatic heterocycles. The number of aromatic nitrogens is 4. The van der Waals surface area contributed by atoms with Crippen LogP contribution in [0.3, 0.4) is 0 Å². The number of likely N-dealkylation sites (N-methyl/N-ethyl adjacent to an activating group) is 2. The van der Waals surface area contributed by atoms with Crippen LogP contribution in [0, 0.1) is 0 Å². The number of aromatic amines is 1. The van der Waals surface area contributed by atoms with Crippen molar-refractivity contribution in [1.29, 1.82) is 0 Å². The smallest absolute Gasteiger partial charge is 0.262 e. The second-order valence-electron chi connectivity index (χ2n) is 10.3. The maximum Gasteiger partial charge on any atom is 0.262 e. The van der Waals surface area contributed by atoms with Crippen molar-refractivity contribution in [2.45, 2.75) is 33.1 Å². The van der Waals surface area contributed by atoms with Gasteiger partial charge in [-0.05, 0) is 56.8 Å². The molecule has 2 aromatic heterocycles. The van der Waals surface area contributed by atoms with E-state index in [9.17, 15) is 9.59 Å². The van der Waals surface area contributed by atoms with Gasteiger partial charge in [-0.3, -0.25) is 9.59 Å². The largest absolute Gasteiger partial charge is 0.312 e. The number of carbonyl (C=O) groups excluding carboxylic acids is 1. The first-order valence-corrected chi connectivity index (χ1v) is 14.5. The van der Waals surface area contributed by atoms with E-state index in [0.717, 1.165) is 24.3 Å². The average Bonchev–Trinajstić information content (AvgIpc) is 3.27. The lowest BCUT2D eigenvalue weighted by Crippen LogP contribution is -2.40. The van der Waals surface area contributed by atoms with E-state index in [4.69, 9.17) is 39.8 Å². The molecule has 0 aliphatic rings. The van der Waals surface area contributed by atoms with Crippen LogP contribution in [0.5, 0.6) is 0 Å². The predicted molar refractivity (Wildman–Crippen MR) is 167 cm³/mol. The Labute approximate surface area is 254 Å². The summed E-state index contributed by atoms with van der Waals surface area (Å²) in [5.74, 6) is 0.419. The molecule has 0 fully saturated rings. The Morgan fingerprint density at radius 3 is 2.34 bits per heavy atom. The molecule has 2 heterocycles. The number of hydrogen-bond donors (Lipinski definition) is 2. The van der Waals surface area contributed by atoms with Crippen LogP contribution in [0.4, 0.5) is 5.69 Å². The van der Waals surface area contributed by atoms with Gasteiger partial charge in [-0.15, -0.1) is 0 Å². The van der Waals surface area contributed by atoms with E-state index in [0.29, 0.717) is 56.3 Å².